The Morgan fingerprint density at radius 3 is 2.32 bits per heavy atom. The van der Waals surface area contributed by atoms with Crippen LogP contribution in [0.25, 0.3) is 22.1 Å². The number of alkyl halides is 3. The summed E-state index contributed by atoms with van der Waals surface area (Å²) in [6, 6.07) is 13.0. The smallest absolute Gasteiger partial charge is 0.376 e. The lowest BCUT2D eigenvalue weighted by Gasteiger charge is -2.33. The molecular weight excluding hydrogens is 765 g/mol. The summed E-state index contributed by atoms with van der Waals surface area (Å²) in [4.78, 5) is 34.5. The SMILES string of the molecule is Cc1ccc(S(=O)(=O)n2ccc3c(NC4CCCCC4)ncnc32)cc1.O=C(CNc1cc(F)cc(C(F)(F)F)c1)N1CCC[C@H](Nc2ncnc3[nH]ccc23)C1. The number of aromatic nitrogens is 6. The number of rotatable bonds is 9. The molecule has 1 saturated heterocycles. The molecule has 0 unspecified atom stereocenters. The molecule has 2 aromatic carbocycles. The van der Waals surface area contributed by atoms with Gasteiger partial charge in [-0.05, 0) is 75.1 Å². The lowest BCUT2D eigenvalue weighted by molar-refractivity contribution is -0.137. The van der Waals surface area contributed by atoms with E-state index in [4.69, 9.17) is 0 Å². The minimum atomic E-state index is -4.67. The Morgan fingerprint density at radius 2 is 1.56 bits per heavy atom. The van der Waals surface area contributed by atoms with E-state index in [-0.39, 0.29) is 29.1 Å². The lowest BCUT2D eigenvalue weighted by Crippen LogP contribution is -2.47. The summed E-state index contributed by atoms with van der Waals surface area (Å²) in [5.74, 6) is 0.0783. The monoisotopic (exact) mass is 806 g/mol. The van der Waals surface area contributed by atoms with Gasteiger partial charge in [0.2, 0.25) is 5.91 Å². The number of hydrogen-bond acceptors (Lipinski definition) is 10. The number of amides is 1. The average Bonchev–Trinajstić information content (AvgIpc) is 3.87. The van der Waals surface area contributed by atoms with Crippen LogP contribution in [0.2, 0.25) is 0 Å². The highest BCUT2D eigenvalue weighted by molar-refractivity contribution is 7.90. The van der Waals surface area contributed by atoms with E-state index in [1.54, 1.807) is 47.6 Å². The summed E-state index contributed by atoms with van der Waals surface area (Å²) in [6.45, 7) is 2.66. The molecule has 1 aliphatic carbocycles. The molecule has 5 heterocycles. The van der Waals surface area contributed by atoms with Crippen LogP contribution in [0.1, 0.15) is 56.1 Å². The number of nitrogens with one attached hydrogen (secondary N) is 4. The number of aromatic amines is 1. The number of anilines is 3. The van der Waals surface area contributed by atoms with Crippen LogP contribution < -0.4 is 16.0 Å². The molecule has 1 amide bonds. The second-order valence-electron chi connectivity index (χ2n) is 14.2. The molecule has 6 aromatic rings. The van der Waals surface area contributed by atoms with Crippen molar-refractivity contribution in [3.05, 3.63) is 96.6 Å². The van der Waals surface area contributed by atoms with Crippen LogP contribution in [0.4, 0.5) is 34.9 Å². The molecule has 0 bridgehead atoms. The number of piperidine rings is 1. The van der Waals surface area contributed by atoms with E-state index in [0.29, 0.717) is 48.1 Å². The molecule has 4 N–H and O–H groups in total. The maximum atomic E-state index is 13.5. The van der Waals surface area contributed by atoms with Gasteiger partial charge in [0, 0.05) is 43.3 Å². The molecule has 0 radical (unpaired) electrons. The minimum Gasteiger partial charge on any atom is -0.376 e. The molecule has 1 aliphatic heterocycles. The van der Waals surface area contributed by atoms with Crippen LogP contribution in [-0.4, -0.2) is 79.8 Å². The highest BCUT2D eigenvalue weighted by atomic mass is 32.2. The quantitative estimate of drug-likeness (QED) is 0.109. The summed E-state index contributed by atoms with van der Waals surface area (Å²) in [6.07, 6.45) is 9.09. The number of aryl methyl sites for hydroxylation is 1. The Kier molecular flexibility index (Phi) is 11.6. The fourth-order valence-electron chi connectivity index (χ4n) is 7.15. The third-order valence-corrected chi connectivity index (χ3v) is 11.8. The molecule has 1 atom stereocenters. The summed E-state index contributed by atoms with van der Waals surface area (Å²) in [5, 5.41) is 11.0. The van der Waals surface area contributed by atoms with E-state index in [0.717, 1.165) is 54.2 Å². The van der Waals surface area contributed by atoms with Gasteiger partial charge in [0.1, 0.15) is 35.8 Å². The van der Waals surface area contributed by atoms with Gasteiger partial charge in [0.05, 0.1) is 27.8 Å². The molecule has 8 rings (SSSR count). The van der Waals surface area contributed by atoms with Crippen LogP contribution in [0.3, 0.4) is 0 Å². The number of likely N-dealkylation sites (tertiary alicyclic amines) is 1. The minimum absolute atomic E-state index is 0.0308. The number of halogens is 4. The summed E-state index contributed by atoms with van der Waals surface area (Å²) < 4.78 is 79.3. The van der Waals surface area contributed by atoms with Crippen LogP contribution in [0.5, 0.6) is 0 Å². The van der Waals surface area contributed by atoms with E-state index >= 15 is 0 Å². The first kappa shape index (κ1) is 39.5. The van der Waals surface area contributed by atoms with Gasteiger partial charge >= 0.3 is 6.18 Å². The fraction of sp³-hybridized carbons (Fsp3) is 0.359. The molecule has 57 heavy (non-hydrogen) atoms. The molecule has 1 saturated carbocycles. The second kappa shape index (κ2) is 16.8. The van der Waals surface area contributed by atoms with Crippen LogP contribution >= 0.6 is 0 Å². The highest BCUT2D eigenvalue weighted by Gasteiger charge is 2.32. The molecule has 18 heteroatoms. The second-order valence-corrected chi connectivity index (χ2v) is 16.0. The zero-order chi connectivity index (χ0) is 40.2. The van der Waals surface area contributed by atoms with Gasteiger partial charge < -0.3 is 25.8 Å². The maximum absolute atomic E-state index is 13.5. The predicted octanol–water partition coefficient (Wildman–Crippen LogP) is 7.35. The van der Waals surface area contributed by atoms with Gasteiger partial charge in [-0.15, -0.1) is 0 Å². The van der Waals surface area contributed by atoms with E-state index in [1.165, 1.54) is 35.9 Å². The van der Waals surface area contributed by atoms with Gasteiger partial charge in [0.15, 0.2) is 5.65 Å². The third-order valence-electron chi connectivity index (χ3n) is 10.1. The Labute approximate surface area is 326 Å². The van der Waals surface area contributed by atoms with Crippen molar-refractivity contribution in [3.63, 3.8) is 0 Å². The highest BCUT2D eigenvalue weighted by Crippen LogP contribution is 2.32. The van der Waals surface area contributed by atoms with Crippen molar-refractivity contribution in [2.75, 3.05) is 35.6 Å². The Morgan fingerprint density at radius 1 is 0.860 bits per heavy atom. The van der Waals surface area contributed by atoms with E-state index < -0.39 is 27.6 Å². The Bertz CT molecular complexity index is 2450. The standard InChI is InChI=1S/C20H20F4N6O.C19H22N4O2S/c21-13-6-12(20(22,23)24)7-15(8-13)26-9-17(31)30-5-1-2-14(10-30)29-19-16-3-4-25-18(16)27-11-28-19;1-14-7-9-16(10-8-14)26(24,25)23-12-11-17-18(20-13-21-19(17)23)22-15-5-3-2-4-6-15/h3-4,6-8,11,14,26H,1-2,5,9-10H2,(H2,25,27,28,29);7-13,15H,2-6H2,1H3,(H,20,21,22)/t14-;/m0./s1. The van der Waals surface area contributed by atoms with E-state index in [1.807, 2.05) is 13.0 Å². The van der Waals surface area contributed by atoms with Crippen molar-refractivity contribution in [1.29, 1.82) is 0 Å². The van der Waals surface area contributed by atoms with Gasteiger partial charge in [-0.2, -0.15) is 13.2 Å². The number of H-pyrrole nitrogens is 1. The van der Waals surface area contributed by atoms with Crippen molar-refractivity contribution < 1.29 is 30.8 Å². The van der Waals surface area contributed by atoms with Crippen molar-refractivity contribution >= 4 is 55.3 Å². The first-order valence-corrected chi connectivity index (χ1v) is 20.1. The zero-order valence-electron chi connectivity index (χ0n) is 31.1. The summed E-state index contributed by atoms with van der Waals surface area (Å²) in [7, 11) is -3.69. The number of benzene rings is 2. The molecule has 0 spiro atoms. The van der Waals surface area contributed by atoms with Crippen LogP contribution in [0.15, 0.2) is 84.5 Å². The third kappa shape index (κ3) is 9.27. The molecule has 4 aromatic heterocycles. The topological polar surface area (TPSA) is 163 Å². The van der Waals surface area contributed by atoms with Crippen molar-refractivity contribution in [3.8, 4) is 0 Å². The predicted molar refractivity (Wildman–Crippen MR) is 209 cm³/mol. The zero-order valence-corrected chi connectivity index (χ0v) is 31.9. The lowest BCUT2D eigenvalue weighted by atomic mass is 9.95. The molecule has 13 nitrogen and oxygen atoms in total. The normalized spacial score (nSPS) is 16.6. The number of carbonyl (C=O) groups is 1. The van der Waals surface area contributed by atoms with E-state index in [9.17, 15) is 30.8 Å². The maximum Gasteiger partial charge on any atom is 0.416 e. The Hall–Kier alpha value is -5.78. The largest absolute Gasteiger partial charge is 0.416 e. The molecule has 300 valence electrons. The molecule has 2 aliphatic rings. The fourth-order valence-corrected chi connectivity index (χ4v) is 8.45. The van der Waals surface area contributed by atoms with Gasteiger partial charge in [0.25, 0.3) is 10.0 Å². The number of hydrogen-bond donors (Lipinski definition) is 4. The van der Waals surface area contributed by atoms with Crippen molar-refractivity contribution in [2.24, 2.45) is 0 Å². The molecular formula is C39H42F4N10O3S. The van der Waals surface area contributed by atoms with Gasteiger partial charge in [-0.1, -0.05) is 37.0 Å². The van der Waals surface area contributed by atoms with E-state index in [2.05, 4.69) is 40.9 Å². The van der Waals surface area contributed by atoms with Crippen LogP contribution in [-0.2, 0) is 21.0 Å². The number of carbonyl (C=O) groups excluding carboxylic acids is 1. The number of fused-ring (bicyclic) bond motifs is 2. The van der Waals surface area contributed by atoms with Crippen LogP contribution in [0, 0.1) is 12.7 Å². The summed E-state index contributed by atoms with van der Waals surface area (Å²) >= 11 is 0. The Balaban J connectivity index is 0.000000177. The number of nitrogens with zero attached hydrogens (tertiary/aromatic N) is 6. The van der Waals surface area contributed by atoms with Gasteiger partial charge in [-0.3, -0.25) is 4.79 Å². The molecule has 2 fully saturated rings. The first-order valence-electron chi connectivity index (χ1n) is 18.7. The van der Waals surface area contributed by atoms with Crippen molar-refractivity contribution in [1.82, 2.24) is 33.8 Å². The van der Waals surface area contributed by atoms with Crippen molar-refractivity contribution in [2.45, 2.75) is 75.0 Å². The van der Waals surface area contributed by atoms with Gasteiger partial charge in [-0.25, -0.2) is 36.7 Å². The summed E-state index contributed by atoms with van der Waals surface area (Å²) in [5.41, 5.74) is 0.925. The average molecular weight is 807 g/mol. The first-order chi connectivity index (χ1) is 27.3.